The summed E-state index contributed by atoms with van der Waals surface area (Å²) in [6, 6.07) is 15.8. The van der Waals surface area contributed by atoms with Crippen LogP contribution in [0, 0.1) is 13.8 Å². The molecule has 0 aliphatic carbocycles. The number of aromatic nitrogens is 1. The number of fused-ring (bicyclic) bond motifs is 1. The van der Waals surface area contributed by atoms with Crippen molar-refractivity contribution in [2.24, 2.45) is 0 Å². The number of rotatable bonds is 3. The molecule has 1 heterocycles. The van der Waals surface area contributed by atoms with Crippen LogP contribution in [0.2, 0.25) is 0 Å². The van der Waals surface area contributed by atoms with Crippen molar-refractivity contribution in [1.82, 2.24) is 4.57 Å². The van der Waals surface area contributed by atoms with Crippen molar-refractivity contribution in [3.63, 3.8) is 0 Å². The number of pyridine rings is 1. The highest BCUT2D eigenvalue weighted by Crippen LogP contribution is 2.26. The first-order valence-electron chi connectivity index (χ1n) is 7.33. The van der Waals surface area contributed by atoms with Crippen molar-refractivity contribution in [2.45, 2.75) is 20.4 Å². The second-order valence-electron chi connectivity index (χ2n) is 5.60. The van der Waals surface area contributed by atoms with Gasteiger partial charge in [-0.2, -0.15) is 0 Å². The van der Waals surface area contributed by atoms with E-state index in [1.165, 1.54) is 5.56 Å². The van der Waals surface area contributed by atoms with Crippen LogP contribution < -0.4 is 10.3 Å². The van der Waals surface area contributed by atoms with Gasteiger partial charge in [0.1, 0.15) is 5.75 Å². The molecule has 22 heavy (non-hydrogen) atoms. The summed E-state index contributed by atoms with van der Waals surface area (Å²) >= 11 is 0. The fourth-order valence-electron chi connectivity index (χ4n) is 2.88. The number of nitrogens with zero attached hydrogens (tertiary/aromatic N) is 1. The Labute approximate surface area is 129 Å². The third-order valence-corrected chi connectivity index (χ3v) is 3.94. The molecule has 0 saturated heterocycles. The number of hydrogen-bond acceptors (Lipinski definition) is 2. The van der Waals surface area contributed by atoms with Crippen LogP contribution in [0.4, 0.5) is 0 Å². The van der Waals surface area contributed by atoms with Crippen LogP contribution in [0.3, 0.4) is 0 Å². The van der Waals surface area contributed by atoms with Gasteiger partial charge in [-0.15, -0.1) is 0 Å². The van der Waals surface area contributed by atoms with Crippen LogP contribution >= 0.6 is 0 Å². The van der Waals surface area contributed by atoms with Gasteiger partial charge in [-0.25, -0.2) is 0 Å². The molecule has 3 rings (SSSR count). The zero-order valence-corrected chi connectivity index (χ0v) is 13.1. The quantitative estimate of drug-likeness (QED) is 0.737. The molecular formula is C19H19NO2. The van der Waals surface area contributed by atoms with E-state index in [0.29, 0.717) is 6.54 Å². The summed E-state index contributed by atoms with van der Waals surface area (Å²) in [6.07, 6.45) is 0. The van der Waals surface area contributed by atoms with E-state index in [1.54, 1.807) is 17.7 Å². The summed E-state index contributed by atoms with van der Waals surface area (Å²) in [5, 5.41) is 1.05. The average molecular weight is 293 g/mol. The van der Waals surface area contributed by atoms with Crippen LogP contribution in [0.25, 0.3) is 10.9 Å². The monoisotopic (exact) mass is 293 g/mol. The molecule has 3 aromatic rings. The predicted molar refractivity (Wildman–Crippen MR) is 89.8 cm³/mol. The molecule has 0 aliphatic rings. The lowest BCUT2D eigenvalue weighted by molar-refractivity contribution is 0.417. The maximum absolute atomic E-state index is 12.5. The van der Waals surface area contributed by atoms with Gasteiger partial charge in [-0.3, -0.25) is 4.79 Å². The fourth-order valence-corrected chi connectivity index (χ4v) is 2.88. The van der Waals surface area contributed by atoms with E-state index < -0.39 is 0 Å². The molecule has 0 N–H and O–H groups in total. The van der Waals surface area contributed by atoms with Gasteiger partial charge in [0.05, 0.1) is 19.2 Å². The average Bonchev–Trinajstić information content (AvgIpc) is 2.51. The van der Waals surface area contributed by atoms with Crippen molar-refractivity contribution in [2.75, 3.05) is 7.11 Å². The second-order valence-corrected chi connectivity index (χ2v) is 5.60. The Morgan fingerprint density at radius 2 is 1.82 bits per heavy atom. The molecule has 112 valence electrons. The van der Waals surface area contributed by atoms with E-state index in [4.69, 9.17) is 4.74 Å². The number of para-hydroxylation sites is 1. The van der Waals surface area contributed by atoms with Crippen LogP contribution in [0.5, 0.6) is 5.75 Å². The van der Waals surface area contributed by atoms with Crippen LogP contribution in [0.15, 0.2) is 53.3 Å². The Morgan fingerprint density at radius 3 is 2.55 bits per heavy atom. The number of hydrogen-bond donors (Lipinski definition) is 0. The van der Waals surface area contributed by atoms with Crippen molar-refractivity contribution in [3.8, 4) is 5.75 Å². The van der Waals surface area contributed by atoms with Crippen LogP contribution in [-0.2, 0) is 6.54 Å². The van der Waals surface area contributed by atoms with E-state index in [2.05, 4.69) is 19.1 Å². The summed E-state index contributed by atoms with van der Waals surface area (Å²) in [6.45, 7) is 4.55. The van der Waals surface area contributed by atoms with Crippen molar-refractivity contribution < 1.29 is 4.74 Å². The zero-order valence-electron chi connectivity index (χ0n) is 13.1. The molecule has 3 heteroatoms. The normalized spacial score (nSPS) is 10.9. The van der Waals surface area contributed by atoms with Crippen molar-refractivity contribution >= 4 is 10.9 Å². The van der Waals surface area contributed by atoms with Gasteiger partial charge in [0.2, 0.25) is 0 Å². The lowest BCUT2D eigenvalue weighted by Gasteiger charge is -2.15. The Kier molecular flexibility index (Phi) is 3.72. The Bertz CT molecular complexity index is 894. The molecule has 0 spiro atoms. The maximum atomic E-state index is 12.5. The number of methoxy groups -OCH3 is 1. The van der Waals surface area contributed by atoms with Gasteiger partial charge < -0.3 is 9.30 Å². The molecule has 0 unspecified atom stereocenters. The molecule has 0 saturated carbocycles. The fraction of sp³-hybridized carbons (Fsp3) is 0.211. The minimum atomic E-state index is -0.00370. The highest BCUT2D eigenvalue weighted by Gasteiger charge is 2.11. The zero-order chi connectivity index (χ0) is 15.7. The maximum Gasteiger partial charge on any atom is 0.251 e. The highest BCUT2D eigenvalue weighted by atomic mass is 16.5. The number of aryl methyl sites for hydroxylation is 2. The standard InChI is InChI=1S/C19H19NO2/c1-13-6-4-7-15(10-13)12-20-18(21)11-14(2)16-8-5-9-17(22-3)19(16)20/h4-11H,12H2,1-3H3. The first-order valence-corrected chi connectivity index (χ1v) is 7.33. The Balaban J connectivity index is 2.26. The predicted octanol–water partition coefficient (Wildman–Crippen LogP) is 3.68. The molecule has 0 atom stereocenters. The number of ether oxygens (including phenoxy) is 1. The molecule has 1 aromatic heterocycles. The molecular weight excluding hydrogens is 274 g/mol. The van der Waals surface area contributed by atoms with E-state index in [9.17, 15) is 4.79 Å². The molecule has 0 fully saturated rings. The minimum Gasteiger partial charge on any atom is -0.495 e. The van der Waals surface area contributed by atoms with Gasteiger partial charge in [-0.05, 0) is 31.0 Å². The summed E-state index contributed by atoms with van der Waals surface area (Å²) in [4.78, 5) is 12.5. The van der Waals surface area contributed by atoms with Crippen molar-refractivity contribution in [3.05, 3.63) is 75.6 Å². The third-order valence-electron chi connectivity index (χ3n) is 3.94. The van der Waals surface area contributed by atoms with Gasteiger partial charge in [-0.1, -0.05) is 42.0 Å². The van der Waals surface area contributed by atoms with Gasteiger partial charge in [0.25, 0.3) is 5.56 Å². The third kappa shape index (κ3) is 2.50. The van der Waals surface area contributed by atoms with Gasteiger partial charge >= 0.3 is 0 Å². The second kappa shape index (κ2) is 5.68. The molecule has 0 aliphatic heterocycles. The van der Waals surface area contributed by atoms with E-state index in [1.807, 2.05) is 37.3 Å². The SMILES string of the molecule is COc1cccc2c(C)cc(=O)n(Cc3cccc(C)c3)c12. The van der Waals surface area contributed by atoms with Crippen molar-refractivity contribution in [1.29, 1.82) is 0 Å². The van der Waals surface area contributed by atoms with E-state index in [0.717, 1.165) is 27.8 Å². The Hall–Kier alpha value is -2.55. The summed E-state index contributed by atoms with van der Waals surface area (Å²) < 4.78 is 7.27. The molecule has 0 amide bonds. The van der Waals surface area contributed by atoms with Gasteiger partial charge in [0, 0.05) is 11.5 Å². The summed E-state index contributed by atoms with van der Waals surface area (Å²) in [7, 11) is 1.64. The molecule has 0 bridgehead atoms. The van der Waals surface area contributed by atoms with E-state index in [-0.39, 0.29) is 5.56 Å². The number of benzene rings is 2. The van der Waals surface area contributed by atoms with E-state index >= 15 is 0 Å². The first-order chi connectivity index (χ1) is 10.6. The molecule has 0 radical (unpaired) electrons. The van der Waals surface area contributed by atoms with Crippen LogP contribution in [-0.4, -0.2) is 11.7 Å². The van der Waals surface area contributed by atoms with Gasteiger partial charge in [0.15, 0.2) is 0 Å². The Morgan fingerprint density at radius 1 is 1.05 bits per heavy atom. The molecule has 2 aromatic carbocycles. The lowest BCUT2D eigenvalue weighted by atomic mass is 10.1. The topological polar surface area (TPSA) is 31.2 Å². The first kappa shape index (κ1) is 14.4. The largest absolute Gasteiger partial charge is 0.495 e. The van der Waals surface area contributed by atoms with Crippen LogP contribution in [0.1, 0.15) is 16.7 Å². The molecule has 3 nitrogen and oxygen atoms in total. The smallest absolute Gasteiger partial charge is 0.251 e. The minimum absolute atomic E-state index is 0.00370. The lowest BCUT2D eigenvalue weighted by Crippen LogP contribution is -2.21. The highest BCUT2D eigenvalue weighted by molar-refractivity contribution is 5.87. The summed E-state index contributed by atoms with van der Waals surface area (Å²) in [5.74, 6) is 0.728. The summed E-state index contributed by atoms with van der Waals surface area (Å²) in [5.41, 5.74) is 4.12.